The van der Waals surface area contributed by atoms with Crippen molar-refractivity contribution in [2.75, 3.05) is 0 Å². The summed E-state index contributed by atoms with van der Waals surface area (Å²) in [6, 6.07) is 71.2. The zero-order chi connectivity index (χ0) is 40.5. The largest absolute Gasteiger partial charge is 0.344 e. The Bertz CT molecular complexity index is 3200. The van der Waals surface area contributed by atoms with Gasteiger partial charge in [0.05, 0.1) is 0 Å². The van der Waals surface area contributed by atoms with Gasteiger partial charge in [-0.3, -0.25) is 0 Å². The highest BCUT2D eigenvalue weighted by Gasteiger charge is 2.25. The first-order valence-corrected chi connectivity index (χ1v) is 21.1. The van der Waals surface area contributed by atoms with E-state index >= 15 is 0 Å². The van der Waals surface area contributed by atoms with Crippen molar-refractivity contribution in [2.24, 2.45) is 9.98 Å². The number of aromatic nitrogens is 3. The standard InChI is InChI=1S/C54H36N6S/c1-6-17-35(18-7-1)40-30-32-47-45(33-40)44-28-16-27-43(48(44)61-47)42-31-29-41(53-57-49(36-19-8-2-9-20-36)55-50(58-53)37-21-10-3-11-22-37)34-46(42)54-59-51(38-23-12-4-13-24-38)56-52(60-54)39-25-14-5-15-26-39/h1-34,51H,(H,56,59,60). The van der Waals surface area contributed by atoms with E-state index in [9.17, 15) is 0 Å². The van der Waals surface area contributed by atoms with Crippen molar-refractivity contribution in [1.82, 2.24) is 20.3 Å². The van der Waals surface area contributed by atoms with Crippen molar-refractivity contribution in [1.29, 1.82) is 0 Å². The van der Waals surface area contributed by atoms with Crippen LogP contribution in [0.5, 0.6) is 0 Å². The summed E-state index contributed by atoms with van der Waals surface area (Å²) in [7, 11) is 0. The molecule has 2 aromatic heterocycles. The molecule has 0 amide bonds. The molecule has 1 N–H and O–H groups in total. The van der Waals surface area contributed by atoms with Gasteiger partial charge in [-0.25, -0.2) is 24.9 Å². The number of amidine groups is 2. The molecule has 10 aromatic rings. The number of benzene rings is 8. The molecule has 0 fully saturated rings. The summed E-state index contributed by atoms with van der Waals surface area (Å²) >= 11 is 1.82. The number of fused-ring (bicyclic) bond motifs is 3. The Labute approximate surface area is 357 Å². The molecule has 11 rings (SSSR count). The Morgan fingerprint density at radius 1 is 0.393 bits per heavy atom. The van der Waals surface area contributed by atoms with Crippen LogP contribution < -0.4 is 5.32 Å². The first-order chi connectivity index (χ1) is 30.2. The zero-order valence-electron chi connectivity index (χ0n) is 32.9. The smallest absolute Gasteiger partial charge is 0.164 e. The van der Waals surface area contributed by atoms with E-state index in [-0.39, 0.29) is 6.17 Å². The highest BCUT2D eigenvalue weighted by Crippen LogP contribution is 2.43. The van der Waals surface area contributed by atoms with Crippen molar-refractivity contribution in [3.63, 3.8) is 0 Å². The monoisotopic (exact) mass is 800 g/mol. The summed E-state index contributed by atoms with van der Waals surface area (Å²) in [6.45, 7) is 0. The number of aliphatic imine (C=N–C) groups is 2. The number of hydrogen-bond donors (Lipinski definition) is 1. The Balaban J connectivity index is 1.13. The second-order valence-corrected chi connectivity index (χ2v) is 15.9. The van der Waals surface area contributed by atoms with Crippen molar-refractivity contribution >= 4 is 43.2 Å². The predicted molar refractivity (Wildman–Crippen MR) is 252 cm³/mol. The fourth-order valence-electron chi connectivity index (χ4n) is 7.98. The van der Waals surface area contributed by atoms with Crippen LogP contribution in [0, 0.1) is 0 Å². The molecule has 6 nitrogen and oxygen atoms in total. The predicted octanol–water partition coefficient (Wildman–Crippen LogP) is 13.1. The molecule has 7 heteroatoms. The van der Waals surface area contributed by atoms with Crippen LogP contribution in [0.25, 0.3) is 76.6 Å². The lowest BCUT2D eigenvalue weighted by Crippen LogP contribution is -2.34. The summed E-state index contributed by atoms with van der Waals surface area (Å²) in [5.41, 5.74) is 10.1. The van der Waals surface area contributed by atoms with Crippen molar-refractivity contribution < 1.29 is 0 Å². The van der Waals surface area contributed by atoms with Gasteiger partial charge >= 0.3 is 0 Å². The Hall–Kier alpha value is -7.87. The summed E-state index contributed by atoms with van der Waals surface area (Å²) in [5.74, 6) is 3.16. The lowest BCUT2D eigenvalue weighted by molar-refractivity contribution is 0.674. The Morgan fingerprint density at radius 2 is 0.951 bits per heavy atom. The lowest BCUT2D eigenvalue weighted by Gasteiger charge is -2.25. The first kappa shape index (κ1) is 36.2. The molecule has 1 aliphatic rings. The first-order valence-electron chi connectivity index (χ1n) is 20.3. The highest BCUT2D eigenvalue weighted by molar-refractivity contribution is 7.26. The molecule has 0 saturated heterocycles. The summed E-state index contributed by atoms with van der Waals surface area (Å²) < 4.78 is 2.45. The molecule has 8 aromatic carbocycles. The van der Waals surface area contributed by atoms with E-state index in [1.54, 1.807) is 0 Å². The maximum Gasteiger partial charge on any atom is 0.164 e. The van der Waals surface area contributed by atoms with Crippen LogP contribution in [-0.2, 0) is 0 Å². The number of thiophene rings is 1. The molecule has 1 unspecified atom stereocenters. The van der Waals surface area contributed by atoms with Crippen molar-refractivity contribution in [2.45, 2.75) is 6.17 Å². The van der Waals surface area contributed by atoms with Gasteiger partial charge in [-0.1, -0.05) is 188 Å². The average molecular weight is 801 g/mol. The number of hydrogen-bond acceptors (Lipinski definition) is 7. The minimum Gasteiger partial charge on any atom is -0.344 e. The molecule has 1 atom stereocenters. The van der Waals surface area contributed by atoms with Gasteiger partial charge in [0.25, 0.3) is 0 Å². The molecular weight excluding hydrogens is 765 g/mol. The van der Waals surface area contributed by atoms with Gasteiger partial charge in [-0.2, -0.15) is 0 Å². The number of nitrogens with zero attached hydrogens (tertiary/aromatic N) is 5. The van der Waals surface area contributed by atoms with Gasteiger partial charge in [0.1, 0.15) is 12.0 Å². The van der Waals surface area contributed by atoms with Crippen molar-refractivity contribution in [3.05, 3.63) is 223 Å². The van der Waals surface area contributed by atoms with E-state index in [0.717, 1.165) is 44.5 Å². The van der Waals surface area contributed by atoms with Crippen molar-refractivity contribution in [3.8, 4) is 56.4 Å². The van der Waals surface area contributed by atoms with Gasteiger partial charge in [-0.05, 0) is 40.5 Å². The molecule has 3 heterocycles. The zero-order valence-corrected chi connectivity index (χ0v) is 33.7. The minimum atomic E-state index is -0.372. The Kier molecular flexibility index (Phi) is 9.33. The fourth-order valence-corrected chi connectivity index (χ4v) is 9.19. The third-order valence-corrected chi connectivity index (χ3v) is 12.2. The summed E-state index contributed by atoms with van der Waals surface area (Å²) in [5, 5.41) is 6.22. The SMILES string of the molecule is c1ccc(C2=NC(c3ccccc3)NC(c3cc(-c4nc(-c5ccccc5)nc(-c5ccccc5)n4)ccc3-c3cccc4c3sc3ccc(-c5ccccc5)cc34)=N2)cc1. The molecule has 0 saturated carbocycles. The lowest BCUT2D eigenvalue weighted by atomic mass is 9.94. The van der Waals surface area contributed by atoms with Crippen LogP contribution in [-0.4, -0.2) is 26.6 Å². The topological polar surface area (TPSA) is 75.4 Å². The second kappa shape index (κ2) is 15.7. The van der Waals surface area contributed by atoms with Crippen LogP contribution in [0.2, 0.25) is 0 Å². The van der Waals surface area contributed by atoms with Crippen LogP contribution in [0.4, 0.5) is 0 Å². The normalized spacial score (nSPS) is 13.7. The van der Waals surface area contributed by atoms with E-state index < -0.39 is 0 Å². The third kappa shape index (κ3) is 7.07. The van der Waals surface area contributed by atoms with Gasteiger partial charge in [0.2, 0.25) is 0 Å². The van der Waals surface area contributed by atoms with Gasteiger partial charge < -0.3 is 5.32 Å². The molecule has 0 aliphatic carbocycles. The molecule has 288 valence electrons. The van der Waals surface area contributed by atoms with E-state index in [0.29, 0.717) is 29.1 Å². The molecular formula is C54H36N6S. The average Bonchev–Trinajstić information content (AvgIpc) is 3.73. The van der Waals surface area contributed by atoms with Crippen LogP contribution in [0.1, 0.15) is 22.9 Å². The molecule has 0 bridgehead atoms. The number of rotatable bonds is 8. The van der Waals surface area contributed by atoms with Gasteiger partial charge in [-0.15, -0.1) is 11.3 Å². The van der Waals surface area contributed by atoms with E-state index in [2.05, 4.69) is 115 Å². The van der Waals surface area contributed by atoms with E-state index in [1.807, 2.05) is 108 Å². The minimum absolute atomic E-state index is 0.372. The fraction of sp³-hybridized carbons (Fsp3) is 0.0185. The van der Waals surface area contributed by atoms with E-state index in [4.69, 9.17) is 24.9 Å². The summed E-state index contributed by atoms with van der Waals surface area (Å²) in [6.07, 6.45) is -0.372. The van der Waals surface area contributed by atoms with Gasteiger partial charge in [0.15, 0.2) is 23.3 Å². The van der Waals surface area contributed by atoms with E-state index in [1.165, 1.54) is 31.3 Å². The van der Waals surface area contributed by atoms with Crippen LogP contribution in [0.15, 0.2) is 216 Å². The molecule has 61 heavy (non-hydrogen) atoms. The summed E-state index contributed by atoms with van der Waals surface area (Å²) in [4.78, 5) is 25.7. The quantitative estimate of drug-likeness (QED) is 0.166. The van der Waals surface area contributed by atoms with Crippen LogP contribution in [0.3, 0.4) is 0 Å². The van der Waals surface area contributed by atoms with Crippen LogP contribution >= 0.6 is 11.3 Å². The third-order valence-electron chi connectivity index (χ3n) is 11.0. The van der Waals surface area contributed by atoms with Gasteiger partial charge in [0, 0.05) is 53.6 Å². The number of nitrogens with one attached hydrogen (secondary N) is 1. The highest BCUT2D eigenvalue weighted by atomic mass is 32.1. The second-order valence-electron chi connectivity index (χ2n) is 14.9. The Morgan fingerprint density at radius 3 is 1.59 bits per heavy atom. The maximum atomic E-state index is 5.32. The molecule has 0 radical (unpaired) electrons. The molecule has 0 spiro atoms. The molecule has 1 aliphatic heterocycles. The maximum absolute atomic E-state index is 5.32.